The van der Waals surface area contributed by atoms with Gasteiger partial charge in [0, 0.05) is 12.1 Å². The molecule has 0 spiro atoms. The molecule has 152 valence electrons. The van der Waals surface area contributed by atoms with Crippen LogP contribution in [0.3, 0.4) is 0 Å². The van der Waals surface area contributed by atoms with Crippen molar-refractivity contribution in [2.45, 2.75) is 48.5 Å². The van der Waals surface area contributed by atoms with Gasteiger partial charge in [-0.1, -0.05) is 106 Å². The van der Waals surface area contributed by atoms with E-state index >= 15 is 0 Å². The van der Waals surface area contributed by atoms with Crippen LogP contribution in [-0.2, 0) is 0 Å². The molecule has 0 atom stereocenters. The zero-order valence-corrected chi connectivity index (χ0v) is 18.3. The van der Waals surface area contributed by atoms with Crippen LogP contribution in [0.1, 0.15) is 58.2 Å². The van der Waals surface area contributed by atoms with Crippen LogP contribution in [0.15, 0.2) is 72.8 Å². The summed E-state index contributed by atoms with van der Waals surface area (Å²) in [5.74, 6) is 0. The number of benzene rings is 2. The van der Waals surface area contributed by atoms with Gasteiger partial charge in [0.15, 0.2) is 0 Å². The van der Waals surface area contributed by atoms with E-state index in [0.717, 1.165) is 11.1 Å². The molecule has 0 aliphatic heterocycles. The highest BCUT2D eigenvalue weighted by Gasteiger charge is 2.03. The quantitative estimate of drug-likeness (QED) is 0.231. The van der Waals surface area contributed by atoms with Gasteiger partial charge in [0.2, 0.25) is 0 Å². The molecule has 0 amide bonds. The van der Waals surface area contributed by atoms with Crippen LogP contribution >= 0.6 is 0 Å². The summed E-state index contributed by atoms with van der Waals surface area (Å²) in [7, 11) is 0. The highest BCUT2D eigenvalue weighted by atomic mass is 16.6. The summed E-state index contributed by atoms with van der Waals surface area (Å²) in [6.07, 6.45) is 11.8. The molecule has 0 radical (unpaired) electrons. The molecule has 0 N–H and O–H groups in total. The summed E-state index contributed by atoms with van der Waals surface area (Å²) >= 11 is 0. The second kappa shape index (κ2) is 18.8. The van der Waals surface area contributed by atoms with Gasteiger partial charge in [-0.2, -0.15) is 0 Å². The SMILES string of the molecule is C/C=C\C=C/C.CC.CC.Cc1ccc(/C=C/c2cccc([N+](=O)[O-])c2)cc1. The predicted octanol–water partition coefficient (Wildman–Crippen LogP) is 8.26. The summed E-state index contributed by atoms with van der Waals surface area (Å²) in [6, 6.07) is 14.7. The lowest BCUT2D eigenvalue weighted by molar-refractivity contribution is -0.384. The van der Waals surface area contributed by atoms with Gasteiger partial charge in [-0.3, -0.25) is 10.1 Å². The Morgan fingerprint density at radius 1 is 0.786 bits per heavy atom. The molecule has 0 bridgehead atoms. The van der Waals surface area contributed by atoms with E-state index in [4.69, 9.17) is 0 Å². The van der Waals surface area contributed by atoms with E-state index in [1.54, 1.807) is 12.1 Å². The van der Waals surface area contributed by atoms with Crippen molar-refractivity contribution in [3.8, 4) is 0 Å². The van der Waals surface area contributed by atoms with E-state index < -0.39 is 0 Å². The molecule has 0 heterocycles. The molecule has 0 aromatic heterocycles. The Hall–Kier alpha value is -2.94. The fourth-order valence-electron chi connectivity index (χ4n) is 1.83. The fraction of sp³-hybridized carbons (Fsp3) is 0.280. The number of non-ortho nitro benzene ring substituents is 1. The van der Waals surface area contributed by atoms with Gasteiger partial charge in [0.05, 0.1) is 4.92 Å². The minimum atomic E-state index is -0.386. The molecule has 3 nitrogen and oxygen atoms in total. The first-order chi connectivity index (χ1) is 13.6. The van der Waals surface area contributed by atoms with Crippen LogP contribution in [0.25, 0.3) is 12.2 Å². The van der Waals surface area contributed by atoms with E-state index in [9.17, 15) is 10.1 Å². The van der Waals surface area contributed by atoms with Crippen molar-refractivity contribution >= 4 is 17.8 Å². The van der Waals surface area contributed by atoms with Crippen LogP contribution in [0.5, 0.6) is 0 Å². The summed E-state index contributed by atoms with van der Waals surface area (Å²) in [5, 5.41) is 10.6. The molecule has 0 fully saturated rings. The van der Waals surface area contributed by atoms with Crippen molar-refractivity contribution in [1.29, 1.82) is 0 Å². The Bertz CT molecular complexity index is 716. The largest absolute Gasteiger partial charge is 0.270 e. The average molecular weight is 382 g/mol. The van der Waals surface area contributed by atoms with Crippen LogP contribution < -0.4 is 0 Å². The first-order valence-corrected chi connectivity index (χ1v) is 9.80. The number of hydrogen-bond donors (Lipinski definition) is 0. The molecule has 0 aliphatic carbocycles. The lowest BCUT2D eigenvalue weighted by atomic mass is 10.1. The summed E-state index contributed by atoms with van der Waals surface area (Å²) in [5.41, 5.74) is 3.22. The second-order valence-corrected chi connectivity index (χ2v) is 5.15. The molecule has 2 aromatic rings. The summed E-state index contributed by atoms with van der Waals surface area (Å²) < 4.78 is 0. The van der Waals surface area contributed by atoms with Gasteiger partial charge in [-0.15, -0.1) is 0 Å². The number of nitro groups is 1. The maximum Gasteiger partial charge on any atom is 0.270 e. The Balaban J connectivity index is 0. The first kappa shape index (κ1) is 27.3. The number of rotatable bonds is 4. The molecule has 0 saturated heterocycles. The average Bonchev–Trinajstić information content (AvgIpc) is 2.75. The summed E-state index contributed by atoms with van der Waals surface area (Å²) in [6.45, 7) is 14.0. The van der Waals surface area contributed by atoms with Crippen LogP contribution in [0, 0.1) is 17.0 Å². The minimum Gasteiger partial charge on any atom is -0.258 e. The third-order valence-electron chi connectivity index (χ3n) is 3.12. The Kier molecular flexibility index (Phi) is 18.4. The van der Waals surface area contributed by atoms with Gasteiger partial charge in [0.25, 0.3) is 5.69 Å². The number of hydrogen-bond acceptors (Lipinski definition) is 2. The topological polar surface area (TPSA) is 43.1 Å². The highest BCUT2D eigenvalue weighted by molar-refractivity contribution is 5.70. The van der Waals surface area contributed by atoms with E-state index in [0.29, 0.717) is 0 Å². The van der Waals surface area contributed by atoms with Crippen LogP contribution in [0.4, 0.5) is 5.69 Å². The van der Waals surface area contributed by atoms with Crippen LogP contribution in [0.2, 0.25) is 0 Å². The zero-order valence-electron chi connectivity index (χ0n) is 18.3. The number of allylic oxidation sites excluding steroid dienone is 4. The summed E-state index contributed by atoms with van der Waals surface area (Å²) in [4.78, 5) is 10.3. The smallest absolute Gasteiger partial charge is 0.258 e. The molecular weight excluding hydrogens is 346 g/mol. The van der Waals surface area contributed by atoms with E-state index in [2.05, 4.69) is 0 Å². The number of nitrogens with zero attached hydrogens (tertiary/aromatic N) is 1. The van der Waals surface area contributed by atoms with Crippen molar-refractivity contribution in [2.75, 3.05) is 0 Å². The van der Waals surface area contributed by atoms with E-state index in [-0.39, 0.29) is 10.6 Å². The van der Waals surface area contributed by atoms with Gasteiger partial charge >= 0.3 is 0 Å². The van der Waals surface area contributed by atoms with Gasteiger partial charge in [0.1, 0.15) is 0 Å². The predicted molar refractivity (Wildman–Crippen MR) is 126 cm³/mol. The fourth-order valence-corrected chi connectivity index (χ4v) is 1.83. The van der Waals surface area contributed by atoms with Crippen molar-refractivity contribution < 1.29 is 4.92 Å². The van der Waals surface area contributed by atoms with Gasteiger partial charge < -0.3 is 0 Å². The molecule has 2 aromatic carbocycles. The molecule has 2 rings (SSSR count). The number of aryl methyl sites for hydroxylation is 1. The third-order valence-corrected chi connectivity index (χ3v) is 3.12. The zero-order chi connectivity index (χ0) is 21.8. The van der Waals surface area contributed by atoms with Crippen molar-refractivity contribution in [2.24, 2.45) is 0 Å². The highest BCUT2D eigenvalue weighted by Crippen LogP contribution is 2.15. The van der Waals surface area contributed by atoms with E-state index in [1.807, 2.05) is 115 Å². The van der Waals surface area contributed by atoms with Gasteiger partial charge in [-0.05, 0) is 31.9 Å². The van der Waals surface area contributed by atoms with Crippen molar-refractivity contribution in [1.82, 2.24) is 0 Å². The molecule has 28 heavy (non-hydrogen) atoms. The maximum absolute atomic E-state index is 10.6. The second-order valence-electron chi connectivity index (χ2n) is 5.15. The standard InChI is InChI=1S/C15H13NO2.C6H10.2C2H6/c1-12-5-7-13(8-6-12)9-10-14-3-2-4-15(11-14)16(17)18;1-3-5-6-4-2;2*1-2/h2-11H,1H3;3-6H,1-2H3;2*1-2H3/b10-9+;5-3-,6-4-;;. The van der Waals surface area contributed by atoms with Crippen molar-refractivity contribution in [3.05, 3.63) is 99.6 Å². The van der Waals surface area contributed by atoms with Crippen molar-refractivity contribution in [3.63, 3.8) is 0 Å². The Morgan fingerprint density at radius 3 is 1.75 bits per heavy atom. The maximum atomic E-state index is 10.6. The normalized spacial score (nSPS) is 9.82. The molecule has 0 saturated carbocycles. The monoisotopic (exact) mass is 381 g/mol. The first-order valence-electron chi connectivity index (χ1n) is 9.80. The van der Waals surface area contributed by atoms with Crippen LogP contribution in [-0.4, -0.2) is 4.92 Å². The lowest BCUT2D eigenvalue weighted by Gasteiger charge is -1.96. The number of nitro benzene ring substituents is 1. The molecule has 0 unspecified atom stereocenters. The van der Waals surface area contributed by atoms with Gasteiger partial charge in [-0.25, -0.2) is 0 Å². The molecule has 3 heteroatoms. The Labute approximate surface area is 171 Å². The molecule has 0 aliphatic rings. The third kappa shape index (κ3) is 13.3. The lowest BCUT2D eigenvalue weighted by Crippen LogP contribution is -1.87. The molecular formula is C25H35NO2. The van der Waals surface area contributed by atoms with E-state index in [1.165, 1.54) is 11.6 Å². The minimum absolute atomic E-state index is 0.112. The Morgan fingerprint density at radius 2 is 1.29 bits per heavy atom.